The standard InChI is InChI=1S/C30H38N4O4/c1-21-8-9-24(18-22(21)2)26-19-27(25-6-4-5-7-28(25)37-3)34(31-26)29(35)20-33(30(36)23-10-11-23)13-12-32-14-16-38-17-15-32/h4-9,18,23,27H,10-17,19-20H2,1-3H3/t27-/m1/s1. The summed E-state index contributed by atoms with van der Waals surface area (Å²) in [7, 11) is 1.65. The third-order valence-corrected chi connectivity index (χ3v) is 7.86. The Bertz CT molecular complexity index is 1200. The van der Waals surface area contributed by atoms with E-state index in [4.69, 9.17) is 14.6 Å². The average molecular weight is 519 g/mol. The van der Waals surface area contributed by atoms with E-state index in [1.54, 1.807) is 17.0 Å². The molecule has 8 nitrogen and oxygen atoms in total. The summed E-state index contributed by atoms with van der Waals surface area (Å²) in [4.78, 5) is 31.1. The number of carbonyl (C=O) groups excluding carboxylic acids is 2. The average Bonchev–Trinajstić information content (AvgIpc) is 3.70. The molecule has 2 amide bonds. The molecule has 202 valence electrons. The first-order valence-electron chi connectivity index (χ1n) is 13.6. The van der Waals surface area contributed by atoms with E-state index in [0.29, 0.717) is 26.2 Å². The van der Waals surface area contributed by atoms with Gasteiger partial charge < -0.3 is 14.4 Å². The van der Waals surface area contributed by atoms with Crippen LogP contribution in [0.1, 0.15) is 47.6 Å². The van der Waals surface area contributed by atoms with Crippen molar-refractivity contribution < 1.29 is 19.1 Å². The van der Waals surface area contributed by atoms with Gasteiger partial charge in [-0.15, -0.1) is 0 Å². The molecule has 0 bridgehead atoms. The van der Waals surface area contributed by atoms with Crippen LogP contribution >= 0.6 is 0 Å². The molecule has 1 aliphatic carbocycles. The van der Waals surface area contributed by atoms with Crippen molar-refractivity contribution in [3.63, 3.8) is 0 Å². The van der Waals surface area contributed by atoms with E-state index < -0.39 is 0 Å². The number of amides is 2. The van der Waals surface area contributed by atoms with E-state index in [0.717, 1.165) is 55.1 Å². The first kappa shape index (κ1) is 26.4. The van der Waals surface area contributed by atoms with Crippen molar-refractivity contribution in [2.75, 3.05) is 53.0 Å². The number of nitrogens with zero attached hydrogens (tertiary/aromatic N) is 4. The number of methoxy groups -OCH3 is 1. The maximum absolute atomic E-state index is 13.9. The van der Waals surface area contributed by atoms with Gasteiger partial charge in [-0.3, -0.25) is 14.5 Å². The van der Waals surface area contributed by atoms with Gasteiger partial charge in [0.25, 0.3) is 5.91 Å². The quantitative estimate of drug-likeness (QED) is 0.508. The van der Waals surface area contributed by atoms with E-state index in [2.05, 4.69) is 36.9 Å². The third kappa shape index (κ3) is 5.92. The van der Waals surface area contributed by atoms with E-state index in [1.807, 2.05) is 24.3 Å². The Kier molecular flexibility index (Phi) is 8.09. The van der Waals surface area contributed by atoms with Crippen LogP contribution in [0.4, 0.5) is 0 Å². The number of rotatable bonds is 9. The highest BCUT2D eigenvalue weighted by Gasteiger charge is 2.38. The van der Waals surface area contributed by atoms with Gasteiger partial charge in [-0.1, -0.05) is 30.3 Å². The number of hydrogen-bond donors (Lipinski definition) is 0. The molecular formula is C30H38N4O4. The predicted octanol–water partition coefficient (Wildman–Crippen LogP) is 3.56. The van der Waals surface area contributed by atoms with Gasteiger partial charge in [-0.25, -0.2) is 5.01 Å². The molecule has 38 heavy (non-hydrogen) atoms. The number of hydrogen-bond acceptors (Lipinski definition) is 6. The molecule has 1 saturated heterocycles. The maximum atomic E-state index is 13.9. The monoisotopic (exact) mass is 518 g/mol. The molecule has 0 radical (unpaired) electrons. The van der Waals surface area contributed by atoms with E-state index in [1.165, 1.54) is 11.1 Å². The fourth-order valence-corrected chi connectivity index (χ4v) is 5.20. The molecule has 1 atom stereocenters. The smallest absolute Gasteiger partial charge is 0.262 e. The summed E-state index contributed by atoms with van der Waals surface area (Å²) in [5, 5.41) is 6.45. The van der Waals surface area contributed by atoms with E-state index in [-0.39, 0.29) is 30.3 Å². The van der Waals surface area contributed by atoms with E-state index >= 15 is 0 Å². The Morgan fingerprint density at radius 2 is 1.84 bits per heavy atom. The summed E-state index contributed by atoms with van der Waals surface area (Å²) < 4.78 is 11.1. The van der Waals surface area contributed by atoms with Crippen molar-refractivity contribution in [1.82, 2.24) is 14.8 Å². The Hall–Kier alpha value is -3.23. The van der Waals surface area contributed by atoms with Gasteiger partial charge in [-0.2, -0.15) is 5.10 Å². The van der Waals surface area contributed by atoms with Gasteiger partial charge in [0.15, 0.2) is 0 Å². The topological polar surface area (TPSA) is 74.7 Å². The maximum Gasteiger partial charge on any atom is 0.262 e. The number of ether oxygens (including phenoxy) is 2. The number of aryl methyl sites for hydroxylation is 2. The number of morpholine rings is 1. The van der Waals surface area contributed by atoms with Crippen LogP contribution in [0.5, 0.6) is 5.75 Å². The minimum absolute atomic E-state index is 0.0228. The van der Waals surface area contributed by atoms with Crippen molar-refractivity contribution in [3.05, 3.63) is 64.7 Å². The van der Waals surface area contributed by atoms with E-state index in [9.17, 15) is 9.59 Å². The minimum Gasteiger partial charge on any atom is -0.496 e. The Balaban J connectivity index is 1.40. The van der Waals surface area contributed by atoms with Gasteiger partial charge >= 0.3 is 0 Å². The lowest BCUT2D eigenvalue weighted by molar-refractivity contribution is -0.142. The van der Waals surface area contributed by atoms with Crippen LogP contribution in [0.25, 0.3) is 0 Å². The fraction of sp³-hybridized carbons (Fsp3) is 0.500. The molecule has 2 heterocycles. The van der Waals surface area contributed by atoms with Crippen LogP contribution < -0.4 is 4.74 Å². The summed E-state index contributed by atoms with van der Waals surface area (Å²) in [5.41, 5.74) is 5.20. The van der Waals surface area contributed by atoms with Crippen LogP contribution in [-0.2, 0) is 14.3 Å². The molecule has 2 fully saturated rings. The zero-order valence-corrected chi connectivity index (χ0v) is 22.7. The van der Waals surface area contributed by atoms with Gasteiger partial charge in [-0.05, 0) is 55.5 Å². The number of hydrazone groups is 1. The molecule has 2 aromatic carbocycles. The highest BCUT2D eigenvalue weighted by Crippen LogP contribution is 2.38. The van der Waals surface area contributed by atoms with Crippen molar-refractivity contribution >= 4 is 17.5 Å². The second kappa shape index (κ2) is 11.7. The molecule has 2 aromatic rings. The van der Waals surface area contributed by atoms with Crippen molar-refractivity contribution in [3.8, 4) is 5.75 Å². The Morgan fingerprint density at radius 3 is 2.55 bits per heavy atom. The molecule has 0 unspecified atom stereocenters. The highest BCUT2D eigenvalue weighted by atomic mass is 16.5. The van der Waals surface area contributed by atoms with Crippen LogP contribution in [0.3, 0.4) is 0 Å². The first-order chi connectivity index (χ1) is 18.4. The largest absolute Gasteiger partial charge is 0.496 e. The molecule has 3 aliphatic rings. The predicted molar refractivity (Wildman–Crippen MR) is 146 cm³/mol. The zero-order chi connectivity index (χ0) is 26.6. The Labute approximate surface area is 225 Å². The molecule has 1 saturated carbocycles. The lowest BCUT2D eigenvalue weighted by Crippen LogP contribution is -2.47. The normalized spacial score (nSPS) is 19.8. The molecule has 2 aliphatic heterocycles. The first-order valence-corrected chi connectivity index (χ1v) is 13.6. The molecule has 5 rings (SSSR count). The van der Waals surface area contributed by atoms with Crippen LogP contribution in [0.15, 0.2) is 47.6 Å². The summed E-state index contributed by atoms with van der Waals surface area (Å²) >= 11 is 0. The third-order valence-electron chi connectivity index (χ3n) is 7.86. The summed E-state index contributed by atoms with van der Waals surface area (Å²) in [6.07, 6.45) is 2.40. The summed E-state index contributed by atoms with van der Waals surface area (Å²) in [6.45, 7) is 8.59. The molecule has 0 spiro atoms. The van der Waals surface area contributed by atoms with Gasteiger partial charge in [0, 0.05) is 44.1 Å². The molecule has 0 N–H and O–H groups in total. The fourth-order valence-electron chi connectivity index (χ4n) is 5.20. The summed E-state index contributed by atoms with van der Waals surface area (Å²) in [5.74, 6) is 0.685. The molecule has 0 aromatic heterocycles. The number of benzene rings is 2. The second-order valence-electron chi connectivity index (χ2n) is 10.5. The molecular weight excluding hydrogens is 480 g/mol. The van der Waals surface area contributed by atoms with Crippen molar-refractivity contribution in [2.24, 2.45) is 11.0 Å². The minimum atomic E-state index is -0.299. The van der Waals surface area contributed by atoms with Crippen LogP contribution in [0.2, 0.25) is 0 Å². The molecule has 8 heteroatoms. The van der Waals surface area contributed by atoms with Crippen LogP contribution in [-0.4, -0.2) is 85.4 Å². The summed E-state index contributed by atoms with van der Waals surface area (Å²) in [6, 6.07) is 13.8. The van der Waals surface area contributed by atoms with Gasteiger partial charge in [0.1, 0.15) is 12.3 Å². The highest BCUT2D eigenvalue weighted by molar-refractivity contribution is 6.03. The SMILES string of the molecule is COc1ccccc1[C@H]1CC(c2ccc(C)c(C)c2)=NN1C(=O)CN(CCN1CCOCC1)C(=O)C1CC1. The van der Waals surface area contributed by atoms with Gasteiger partial charge in [0.05, 0.1) is 32.1 Å². The number of para-hydroxylation sites is 1. The van der Waals surface area contributed by atoms with Gasteiger partial charge in [0.2, 0.25) is 5.91 Å². The lowest BCUT2D eigenvalue weighted by Gasteiger charge is -2.31. The number of carbonyl (C=O) groups is 2. The Morgan fingerprint density at radius 1 is 1.08 bits per heavy atom. The van der Waals surface area contributed by atoms with Crippen molar-refractivity contribution in [2.45, 2.75) is 39.2 Å². The second-order valence-corrected chi connectivity index (χ2v) is 10.5. The zero-order valence-electron chi connectivity index (χ0n) is 22.7. The van der Waals surface area contributed by atoms with Crippen molar-refractivity contribution in [1.29, 1.82) is 0 Å². The lowest BCUT2D eigenvalue weighted by atomic mass is 9.96. The van der Waals surface area contributed by atoms with Crippen LogP contribution in [0, 0.1) is 19.8 Å².